The van der Waals surface area contributed by atoms with Gasteiger partial charge >= 0.3 is 0 Å². The molecule has 29 heavy (non-hydrogen) atoms. The summed E-state index contributed by atoms with van der Waals surface area (Å²) in [5, 5.41) is 16.1. The van der Waals surface area contributed by atoms with E-state index in [0.717, 1.165) is 32.5 Å². The molecule has 0 bridgehead atoms. The third-order valence-corrected chi connectivity index (χ3v) is 6.15. The van der Waals surface area contributed by atoms with Crippen LogP contribution in [0.25, 0.3) is 0 Å². The Labute approximate surface area is 167 Å². The fraction of sp³-hybridized carbons (Fsp3) is 0.500. The minimum Gasteiger partial charge on any atom is -0.571 e. The van der Waals surface area contributed by atoms with Crippen LogP contribution in [0, 0.1) is 5.21 Å². The Kier molecular flexibility index (Phi) is 4.45. The minimum absolute atomic E-state index is 0.0495. The van der Waals surface area contributed by atoms with Gasteiger partial charge in [0.15, 0.2) is 11.5 Å². The molecular formula is C20H23N4O5+. The van der Waals surface area contributed by atoms with Crippen molar-refractivity contribution < 1.29 is 28.9 Å². The number of nitrogens with one attached hydrogen (secondary N) is 1. The zero-order valence-corrected chi connectivity index (χ0v) is 16.1. The molecule has 2 saturated heterocycles. The van der Waals surface area contributed by atoms with Crippen LogP contribution in [0.3, 0.4) is 0 Å². The smallest absolute Gasteiger partial charge is 0.220 e. The Balaban J connectivity index is 1.27. The van der Waals surface area contributed by atoms with Gasteiger partial charge in [-0.05, 0) is 0 Å². The Morgan fingerprint density at radius 1 is 1.10 bits per heavy atom. The van der Waals surface area contributed by atoms with Gasteiger partial charge in [0.25, 0.3) is 0 Å². The van der Waals surface area contributed by atoms with E-state index >= 15 is 0 Å². The molecule has 3 heterocycles. The molecule has 5 rings (SSSR count). The van der Waals surface area contributed by atoms with E-state index in [2.05, 4.69) is 5.10 Å². The van der Waals surface area contributed by atoms with Crippen molar-refractivity contribution in [2.75, 3.05) is 32.8 Å². The van der Waals surface area contributed by atoms with Crippen molar-refractivity contribution in [2.45, 2.75) is 31.6 Å². The summed E-state index contributed by atoms with van der Waals surface area (Å²) >= 11 is 0. The predicted molar refractivity (Wildman–Crippen MR) is 98.5 cm³/mol. The maximum absolute atomic E-state index is 12.9. The first kappa shape index (κ1) is 18.4. The Bertz CT molecular complexity index is 969. The molecule has 1 N–H and O–H groups in total. The molecule has 0 atom stereocenters. The number of benzene rings is 1. The number of carbonyl (C=O) groups is 2. The van der Waals surface area contributed by atoms with Crippen molar-refractivity contribution in [1.29, 1.82) is 0 Å². The summed E-state index contributed by atoms with van der Waals surface area (Å²) < 4.78 is 12.8. The Morgan fingerprint density at radius 3 is 2.45 bits per heavy atom. The lowest BCUT2D eigenvalue weighted by Gasteiger charge is -2.35. The molecule has 2 aliphatic heterocycles. The number of piperidine rings is 1. The zero-order valence-electron chi connectivity index (χ0n) is 16.1. The van der Waals surface area contributed by atoms with Gasteiger partial charge in [0.2, 0.25) is 17.3 Å². The molecule has 0 unspecified atom stereocenters. The highest BCUT2D eigenvalue weighted by atomic mass is 16.7. The zero-order chi connectivity index (χ0) is 20.0. The number of carbonyl (C=O) groups excluding carboxylic acids is 2. The number of nitrogens with zero attached hydrogens (tertiary/aromatic N) is 3. The van der Waals surface area contributed by atoms with Gasteiger partial charge in [-0.25, -0.2) is 0 Å². The van der Waals surface area contributed by atoms with Crippen molar-refractivity contribution in [3.05, 3.63) is 52.0 Å². The van der Waals surface area contributed by atoms with Gasteiger partial charge in [0, 0.05) is 27.6 Å². The quantitative estimate of drug-likeness (QED) is 0.451. The van der Waals surface area contributed by atoms with E-state index in [1.807, 2.05) is 0 Å². The van der Waals surface area contributed by atoms with Crippen LogP contribution in [0.15, 0.2) is 24.3 Å². The molecule has 9 heteroatoms. The summed E-state index contributed by atoms with van der Waals surface area (Å²) in [5.41, 5.74) is 0.684. The fourth-order valence-electron chi connectivity index (χ4n) is 4.60. The Hall–Kier alpha value is -2.62. The lowest BCUT2D eigenvalue weighted by Crippen LogP contribution is -3.13. The maximum atomic E-state index is 12.9. The van der Waals surface area contributed by atoms with Crippen molar-refractivity contribution in [3.63, 3.8) is 0 Å². The van der Waals surface area contributed by atoms with Crippen LogP contribution in [0.5, 0.6) is 0 Å². The molecule has 152 valence electrons. The van der Waals surface area contributed by atoms with E-state index in [4.69, 9.17) is 9.47 Å². The van der Waals surface area contributed by atoms with Gasteiger partial charge in [-0.3, -0.25) is 9.59 Å². The number of fused-ring (bicyclic) bond motifs is 2. The highest BCUT2D eigenvalue weighted by Crippen LogP contribution is 2.27. The number of ketones is 2. The van der Waals surface area contributed by atoms with Crippen molar-refractivity contribution >= 4 is 11.6 Å². The molecule has 1 aliphatic carbocycles. The summed E-state index contributed by atoms with van der Waals surface area (Å²) in [5.74, 6) is -1.08. The predicted octanol–water partition coefficient (Wildman–Crippen LogP) is -0.896. The second-order valence-electron chi connectivity index (χ2n) is 7.84. The Morgan fingerprint density at radius 2 is 1.76 bits per heavy atom. The van der Waals surface area contributed by atoms with Gasteiger partial charge in [-0.15, -0.1) is 4.68 Å². The van der Waals surface area contributed by atoms with Crippen molar-refractivity contribution in [3.8, 4) is 0 Å². The van der Waals surface area contributed by atoms with E-state index in [0.29, 0.717) is 42.3 Å². The lowest BCUT2D eigenvalue weighted by atomic mass is 9.90. The highest BCUT2D eigenvalue weighted by molar-refractivity contribution is 6.26. The molecule has 1 spiro atoms. The molecule has 0 radical (unpaired) electrons. The normalized spacial score (nSPS) is 20.8. The summed E-state index contributed by atoms with van der Waals surface area (Å²) in [7, 11) is 0. The topological polar surface area (TPSA) is 102 Å². The van der Waals surface area contributed by atoms with Gasteiger partial charge in [0.05, 0.1) is 52.2 Å². The summed E-state index contributed by atoms with van der Waals surface area (Å²) in [6.45, 7) is 4.44. The van der Waals surface area contributed by atoms with Gasteiger partial charge < -0.3 is 19.6 Å². The van der Waals surface area contributed by atoms with Crippen LogP contribution in [0.1, 0.15) is 51.4 Å². The van der Waals surface area contributed by atoms with Crippen LogP contribution < -0.4 is 9.86 Å². The number of hydrogen-bond acceptors (Lipinski definition) is 6. The highest BCUT2D eigenvalue weighted by Gasteiger charge is 2.42. The van der Waals surface area contributed by atoms with E-state index in [9.17, 15) is 14.8 Å². The second kappa shape index (κ2) is 7.01. The monoisotopic (exact) mass is 399 g/mol. The van der Waals surface area contributed by atoms with Crippen LogP contribution in [0.4, 0.5) is 0 Å². The number of hydrogen-bond donors (Lipinski definition) is 1. The molecule has 1 aromatic carbocycles. The first-order valence-electron chi connectivity index (χ1n) is 10.1. The van der Waals surface area contributed by atoms with Crippen LogP contribution >= 0.6 is 0 Å². The van der Waals surface area contributed by atoms with Gasteiger partial charge in [-0.2, -0.15) is 0 Å². The molecule has 2 aromatic rings. The van der Waals surface area contributed by atoms with Gasteiger partial charge in [-0.1, -0.05) is 24.3 Å². The number of rotatable bonds is 4. The fourth-order valence-corrected chi connectivity index (χ4v) is 4.60. The third kappa shape index (κ3) is 3.06. The van der Waals surface area contributed by atoms with Crippen LogP contribution in [-0.2, 0) is 16.0 Å². The van der Waals surface area contributed by atoms with E-state index < -0.39 is 0 Å². The van der Waals surface area contributed by atoms with Crippen molar-refractivity contribution in [1.82, 2.24) is 9.78 Å². The average molecular weight is 399 g/mol. The second-order valence-corrected chi connectivity index (χ2v) is 7.84. The molecule has 0 saturated carbocycles. The van der Waals surface area contributed by atoms with Gasteiger partial charge in [0.1, 0.15) is 0 Å². The number of aromatic nitrogens is 3. The molecule has 9 nitrogen and oxygen atoms in total. The largest absolute Gasteiger partial charge is 0.571 e. The van der Waals surface area contributed by atoms with Crippen LogP contribution in [-0.4, -0.2) is 60.0 Å². The van der Waals surface area contributed by atoms with Crippen LogP contribution in [0.2, 0.25) is 0 Å². The molecule has 3 aliphatic rings. The molecular weight excluding hydrogens is 376 g/mol. The number of ether oxygens (including phenoxy) is 2. The lowest BCUT2D eigenvalue weighted by molar-refractivity contribution is -0.909. The number of quaternary nitrogens is 1. The molecule has 1 aromatic heterocycles. The third-order valence-electron chi connectivity index (χ3n) is 6.15. The number of likely N-dealkylation sites (tertiary alicyclic amines) is 1. The van der Waals surface area contributed by atoms with E-state index in [1.54, 1.807) is 24.3 Å². The van der Waals surface area contributed by atoms with E-state index in [-0.39, 0.29) is 28.7 Å². The first-order chi connectivity index (χ1) is 14.1. The summed E-state index contributed by atoms with van der Waals surface area (Å²) in [6, 6.07) is 6.62. The standard InChI is InChI=1S/C20H22N4O5/c25-18-14-4-1-2-5-15(14)19(26)17-16(18)21-24(27)23(17)9-3-8-22-10-6-20(7-11-22)28-12-13-29-20/h1-2,4-5H,3,6-13H2/p+1. The summed E-state index contributed by atoms with van der Waals surface area (Å²) in [4.78, 5) is 27.4. The summed E-state index contributed by atoms with van der Waals surface area (Å²) in [6.07, 6.45) is 2.44. The maximum Gasteiger partial charge on any atom is 0.220 e. The minimum atomic E-state index is -0.384. The molecule has 2 fully saturated rings. The van der Waals surface area contributed by atoms with E-state index in [1.165, 1.54) is 9.58 Å². The molecule has 0 amide bonds. The SMILES string of the molecule is O=C1c2ccccc2C(=O)c2c1n[n+]([O-])n2CCC[NH+]1CCC2(CC1)OCCO2. The first-order valence-corrected chi connectivity index (χ1v) is 10.1. The average Bonchev–Trinajstić information content (AvgIpc) is 3.33. The van der Waals surface area contributed by atoms with Crippen molar-refractivity contribution in [2.24, 2.45) is 0 Å².